The van der Waals surface area contributed by atoms with Crippen molar-refractivity contribution in [2.75, 3.05) is 49.9 Å². The van der Waals surface area contributed by atoms with Crippen molar-refractivity contribution in [2.45, 2.75) is 10.8 Å². The van der Waals surface area contributed by atoms with Crippen LogP contribution < -0.4 is 20.3 Å². The van der Waals surface area contributed by atoms with Crippen LogP contribution in [0, 0.1) is 5.92 Å². The third-order valence-electron chi connectivity index (χ3n) is 4.46. The summed E-state index contributed by atoms with van der Waals surface area (Å²) < 4.78 is 10.8. The van der Waals surface area contributed by atoms with Crippen molar-refractivity contribution >= 4 is 51.6 Å². The molecular weight excluding hydrogens is 442 g/mol. The molecule has 0 saturated carbocycles. The van der Waals surface area contributed by atoms with Crippen LogP contribution in [-0.4, -0.2) is 67.6 Å². The summed E-state index contributed by atoms with van der Waals surface area (Å²) in [6.45, 7) is 1.15. The Balaban J connectivity index is 1.52. The molecule has 0 bridgehead atoms. The highest BCUT2D eigenvalue weighted by Crippen LogP contribution is 2.33. The van der Waals surface area contributed by atoms with Crippen LogP contribution in [0.1, 0.15) is 6.42 Å². The second-order valence-corrected chi connectivity index (χ2v) is 8.77. The zero-order valence-corrected chi connectivity index (χ0v) is 18.8. The highest BCUT2D eigenvalue weighted by molar-refractivity contribution is 8.01. The fourth-order valence-corrected chi connectivity index (χ4v) is 4.55. The van der Waals surface area contributed by atoms with Crippen molar-refractivity contribution in [1.82, 2.24) is 15.5 Å². The minimum atomic E-state index is -0.510. The monoisotopic (exact) mass is 465 g/mol. The Kier molecular flexibility index (Phi) is 8.20. The van der Waals surface area contributed by atoms with Crippen LogP contribution in [0.25, 0.3) is 0 Å². The Hall–Kier alpha value is -2.70. The van der Waals surface area contributed by atoms with Gasteiger partial charge in [-0.3, -0.25) is 14.4 Å². The van der Waals surface area contributed by atoms with E-state index in [0.717, 1.165) is 0 Å². The molecule has 1 aromatic carbocycles. The molecule has 12 heteroatoms. The Morgan fingerprint density at radius 3 is 2.87 bits per heavy atom. The number of carbonyl (C=O) groups is 3. The van der Waals surface area contributed by atoms with E-state index < -0.39 is 5.92 Å². The Morgan fingerprint density at radius 1 is 1.29 bits per heavy atom. The van der Waals surface area contributed by atoms with Gasteiger partial charge in [-0.1, -0.05) is 35.2 Å². The first-order valence-corrected chi connectivity index (χ1v) is 11.3. The lowest BCUT2D eigenvalue weighted by atomic mass is 10.1. The summed E-state index contributed by atoms with van der Waals surface area (Å²) in [4.78, 5) is 38.4. The molecule has 0 aliphatic carbocycles. The standard InChI is InChI=1S/C19H23N5O5S2/c1-28-8-7-20-15(25)11-30-19-23-22-18(31-19)21-17(27)12-9-16(26)24(10-12)13-5-3-4-6-14(13)29-2/h3-6,12H,7-11H2,1-2H3,(H,20,25)(H,21,22,27)/t12-/m1/s1. The maximum Gasteiger partial charge on any atom is 0.231 e. The van der Waals surface area contributed by atoms with Crippen LogP contribution in [0.2, 0.25) is 0 Å². The SMILES string of the molecule is COCCNC(=O)CSc1nnc(NC(=O)[C@@H]2CC(=O)N(c3ccccc3OC)C2)s1. The summed E-state index contributed by atoms with van der Waals surface area (Å²) in [7, 11) is 3.10. The number of nitrogens with one attached hydrogen (secondary N) is 2. The van der Waals surface area contributed by atoms with Crippen molar-refractivity contribution in [3.05, 3.63) is 24.3 Å². The van der Waals surface area contributed by atoms with Crippen molar-refractivity contribution in [3.63, 3.8) is 0 Å². The van der Waals surface area contributed by atoms with Gasteiger partial charge in [0.05, 0.1) is 31.1 Å². The number of anilines is 2. The Morgan fingerprint density at radius 2 is 2.10 bits per heavy atom. The maximum absolute atomic E-state index is 12.6. The summed E-state index contributed by atoms with van der Waals surface area (Å²) >= 11 is 2.41. The van der Waals surface area contributed by atoms with Crippen molar-refractivity contribution in [2.24, 2.45) is 5.92 Å². The van der Waals surface area contributed by atoms with E-state index in [9.17, 15) is 14.4 Å². The number of benzene rings is 1. The Bertz CT molecular complexity index is 938. The molecular formula is C19H23N5O5S2. The van der Waals surface area contributed by atoms with Crippen molar-refractivity contribution < 1.29 is 23.9 Å². The number of amides is 3. The molecule has 0 unspecified atom stereocenters. The number of thioether (sulfide) groups is 1. The molecule has 2 aromatic rings. The largest absolute Gasteiger partial charge is 0.495 e. The molecule has 1 saturated heterocycles. The van der Waals surface area contributed by atoms with Crippen LogP contribution in [-0.2, 0) is 19.1 Å². The first-order valence-electron chi connectivity index (χ1n) is 9.48. The van der Waals surface area contributed by atoms with Gasteiger partial charge in [0.2, 0.25) is 22.9 Å². The zero-order valence-electron chi connectivity index (χ0n) is 17.1. The third-order valence-corrected chi connectivity index (χ3v) is 6.44. The second-order valence-electron chi connectivity index (χ2n) is 6.57. The van der Waals surface area contributed by atoms with E-state index in [1.807, 2.05) is 12.1 Å². The van der Waals surface area contributed by atoms with E-state index in [4.69, 9.17) is 9.47 Å². The van der Waals surface area contributed by atoms with Gasteiger partial charge < -0.3 is 25.0 Å². The smallest absolute Gasteiger partial charge is 0.231 e. The lowest BCUT2D eigenvalue weighted by molar-refractivity contribution is -0.122. The molecule has 31 heavy (non-hydrogen) atoms. The van der Waals surface area contributed by atoms with Gasteiger partial charge in [-0.2, -0.15) is 0 Å². The molecule has 166 valence electrons. The molecule has 1 atom stereocenters. The van der Waals surface area contributed by atoms with Gasteiger partial charge in [0, 0.05) is 26.6 Å². The predicted octanol–water partition coefficient (Wildman–Crippen LogP) is 1.39. The molecule has 0 spiro atoms. The molecule has 2 heterocycles. The third kappa shape index (κ3) is 6.15. The minimum absolute atomic E-state index is 0.103. The van der Waals surface area contributed by atoms with E-state index in [2.05, 4.69) is 20.8 Å². The van der Waals surface area contributed by atoms with Crippen LogP contribution in [0.15, 0.2) is 28.6 Å². The number of ether oxygens (including phenoxy) is 2. The number of aromatic nitrogens is 2. The van der Waals surface area contributed by atoms with Gasteiger partial charge in [0.1, 0.15) is 5.75 Å². The fourth-order valence-electron chi connectivity index (χ4n) is 2.97. The fraction of sp³-hybridized carbons (Fsp3) is 0.421. The lowest BCUT2D eigenvalue weighted by Crippen LogP contribution is -2.28. The summed E-state index contributed by atoms with van der Waals surface area (Å²) in [6, 6.07) is 7.20. The predicted molar refractivity (Wildman–Crippen MR) is 118 cm³/mol. The second kappa shape index (κ2) is 11.1. The zero-order chi connectivity index (χ0) is 22.2. The van der Waals surface area contributed by atoms with Gasteiger partial charge >= 0.3 is 0 Å². The van der Waals surface area contributed by atoms with E-state index >= 15 is 0 Å². The summed E-state index contributed by atoms with van der Waals surface area (Å²) in [6.07, 6.45) is 0.103. The van der Waals surface area contributed by atoms with E-state index in [0.29, 0.717) is 34.1 Å². The molecule has 1 aliphatic heterocycles. The minimum Gasteiger partial charge on any atom is -0.495 e. The van der Waals surface area contributed by atoms with Gasteiger partial charge in [-0.25, -0.2) is 0 Å². The van der Waals surface area contributed by atoms with E-state index in [-0.39, 0.29) is 36.4 Å². The van der Waals surface area contributed by atoms with Crippen molar-refractivity contribution in [3.8, 4) is 5.75 Å². The average molecular weight is 466 g/mol. The molecule has 1 aliphatic rings. The first-order chi connectivity index (χ1) is 15.0. The molecule has 1 aromatic heterocycles. The number of hydrogen-bond donors (Lipinski definition) is 2. The van der Waals surface area contributed by atoms with Crippen LogP contribution >= 0.6 is 23.1 Å². The number of para-hydroxylation sites is 2. The molecule has 3 rings (SSSR count). The number of rotatable bonds is 10. The Labute approximate surface area is 187 Å². The van der Waals surface area contributed by atoms with Gasteiger partial charge in [0.25, 0.3) is 0 Å². The highest BCUT2D eigenvalue weighted by atomic mass is 32.2. The number of methoxy groups -OCH3 is 2. The summed E-state index contributed by atoms with van der Waals surface area (Å²) in [5.74, 6) is -0.313. The first kappa shape index (κ1) is 23.0. The maximum atomic E-state index is 12.6. The molecule has 10 nitrogen and oxygen atoms in total. The normalized spacial score (nSPS) is 15.7. The average Bonchev–Trinajstić information content (AvgIpc) is 3.38. The van der Waals surface area contributed by atoms with Gasteiger partial charge in [-0.05, 0) is 12.1 Å². The van der Waals surface area contributed by atoms with E-state index in [1.165, 1.54) is 30.2 Å². The van der Waals surface area contributed by atoms with Gasteiger partial charge in [0.15, 0.2) is 4.34 Å². The summed E-state index contributed by atoms with van der Waals surface area (Å²) in [5, 5.41) is 13.7. The number of carbonyl (C=O) groups excluding carboxylic acids is 3. The number of hydrogen-bond acceptors (Lipinski definition) is 9. The van der Waals surface area contributed by atoms with Crippen LogP contribution in [0.3, 0.4) is 0 Å². The summed E-state index contributed by atoms with van der Waals surface area (Å²) in [5.41, 5.74) is 0.642. The van der Waals surface area contributed by atoms with Crippen LogP contribution in [0.4, 0.5) is 10.8 Å². The molecule has 0 radical (unpaired) electrons. The van der Waals surface area contributed by atoms with Gasteiger partial charge in [-0.15, -0.1) is 10.2 Å². The van der Waals surface area contributed by atoms with Crippen molar-refractivity contribution in [1.29, 1.82) is 0 Å². The molecule has 2 N–H and O–H groups in total. The van der Waals surface area contributed by atoms with E-state index in [1.54, 1.807) is 24.1 Å². The topological polar surface area (TPSA) is 123 Å². The van der Waals surface area contributed by atoms with Crippen LogP contribution in [0.5, 0.6) is 5.75 Å². The quantitative estimate of drug-likeness (QED) is 0.307. The lowest BCUT2D eigenvalue weighted by Gasteiger charge is -2.19. The number of nitrogens with zero attached hydrogens (tertiary/aromatic N) is 3. The molecule has 1 fully saturated rings. The molecule has 3 amide bonds. The highest BCUT2D eigenvalue weighted by Gasteiger charge is 2.36.